The number of amides is 1. The van der Waals surface area contributed by atoms with Gasteiger partial charge in [-0.3, -0.25) is 0 Å². The molecule has 0 bridgehead atoms. The fourth-order valence-corrected chi connectivity index (χ4v) is 0.582. The zero-order valence-corrected chi connectivity index (χ0v) is 6.16. The van der Waals surface area contributed by atoms with Crippen LogP contribution in [0.2, 0.25) is 0 Å². The molecule has 0 heterocycles. The summed E-state index contributed by atoms with van der Waals surface area (Å²) >= 11 is 0. The number of nitrogens with one attached hydrogen (secondary N) is 1. The van der Waals surface area contributed by atoms with Crippen molar-refractivity contribution in [2.75, 3.05) is 6.61 Å². The molecule has 0 rings (SSSR count). The van der Waals surface area contributed by atoms with Crippen LogP contribution in [0.25, 0.3) is 0 Å². The number of aliphatic hydroxyl groups is 1. The van der Waals surface area contributed by atoms with Gasteiger partial charge in [0.05, 0.1) is 12.6 Å². The number of aliphatic hydroxyl groups excluding tert-OH is 1. The predicted molar refractivity (Wildman–Crippen MR) is 36.9 cm³/mol. The summed E-state index contributed by atoms with van der Waals surface area (Å²) in [6.45, 7) is 3.54. The Labute approximate surface area is 59.9 Å². The lowest BCUT2D eigenvalue weighted by Gasteiger charge is -2.17. The van der Waals surface area contributed by atoms with Crippen LogP contribution in [0.5, 0.6) is 0 Å². The van der Waals surface area contributed by atoms with Crippen molar-refractivity contribution in [3.05, 3.63) is 0 Å². The van der Waals surface area contributed by atoms with Crippen LogP contribution in [0.1, 0.15) is 13.8 Å². The van der Waals surface area contributed by atoms with Crippen molar-refractivity contribution in [2.45, 2.75) is 19.9 Å². The van der Waals surface area contributed by atoms with Gasteiger partial charge in [-0.15, -0.1) is 0 Å². The topological polar surface area (TPSA) is 69.6 Å². The average molecular weight is 147 g/mol. The molecule has 3 N–H and O–H groups in total. The highest BCUT2D eigenvalue weighted by Gasteiger charge is 2.13. The van der Waals surface area contributed by atoms with Crippen LogP contribution in [0, 0.1) is 5.92 Å². The van der Waals surface area contributed by atoms with Gasteiger partial charge < -0.3 is 15.5 Å². The molecular weight excluding hydrogens is 134 g/mol. The molecule has 4 heteroatoms. The third-order valence-electron chi connectivity index (χ3n) is 1.31. The minimum Gasteiger partial charge on any atom is -0.465 e. The van der Waals surface area contributed by atoms with Crippen molar-refractivity contribution < 1.29 is 15.0 Å². The predicted octanol–water partition coefficient (Wildman–Crippen LogP) is 0.271. The van der Waals surface area contributed by atoms with Gasteiger partial charge in [-0.25, -0.2) is 4.79 Å². The summed E-state index contributed by atoms with van der Waals surface area (Å²) in [5.74, 6) is 0.126. The zero-order chi connectivity index (χ0) is 8.15. The van der Waals surface area contributed by atoms with Crippen molar-refractivity contribution in [3.63, 3.8) is 0 Å². The van der Waals surface area contributed by atoms with E-state index >= 15 is 0 Å². The second kappa shape index (κ2) is 4.11. The molecule has 0 aliphatic carbocycles. The van der Waals surface area contributed by atoms with Gasteiger partial charge >= 0.3 is 6.09 Å². The van der Waals surface area contributed by atoms with Gasteiger partial charge in [0.2, 0.25) is 0 Å². The lowest BCUT2D eigenvalue weighted by Crippen LogP contribution is -2.40. The SMILES string of the molecule is CC(C)C(CO)NC(=O)O. The maximum Gasteiger partial charge on any atom is 0.404 e. The Morgan fingerprint density at radius 2 is 2.10 bits per heavy atom. The van der Waals surface area contributed by atoms with E-state index in [1.54, 1.807) is 0 Å². The van der Waals surface area contributed by atoms with Crippen molar-refractivity contribution in [3.8, 4) is 0 Å². The second-order valence-electron chi connectivity index (χ2n) is 2.48. The molecule has 0 saturated heterocycles. The van der Waals surface area contributed by atoms with Gasteiger partial charge in [-0.2, -0.15) is 0 Å². The zero-order valence-electron chi connectivity index (χ0n) is 6.16. The highest BCUT2D eigenvalue weighted by Crippen LogP contribution is 1.99. The first-order valence-corrected chi connectivity index (χ1v) is 3.18. The third kappa shape index (κ3) is 3.29. The molecule has 10 heavy (non-hydrogen) atoms. The van der Waals surface area contributed by atoms with E-state index in [-0.39, 0.29) is 18.6 Å². The molecule has 0 saturated carbocycles. The summed E-state index contributed by atoms with van der Waals surface area (Å²) in [6, 6.07) is -0.350. The van der Waals surface area contributed by atoms with Crippen LogP contribution in [-0.4, -0.2) is 29.0 Å². The van der Waals surface area contributed by atoms with E-state index < -0.39 is 6.09 Å². The summed E-state index contributed by atoms with van der Waals surface area (Å²) in [7, 11) is 0. The van der Waals surface area contributed by atoms with E-state index in [4.69, 9.17) is 10.2 Å². The maximum atomic E-state index is 10.1. The van der Waals surface area contributed by atoms with Gasteiger partial charge in [0.25, 0.3) is 0 Å². The van der Waals surface area contributed by atoms with E-state index in [9.17, 15) is 4.79 Å². The van der Waals surface area contributed by atoms with Crippen LogP contribution in [0.4, 0.5) is 4.79 Å². The molecule has 1 amide bonds. The smallest absolute Gasteiger partial charge is 0.404 e. The van der Waals surface area contributed by atoms with Gasteiger partial charge in [0.1, 0.15) is 0 Å². The van der Waals surface area contributed by atoms with Crippen LogP contribution in [0.3, 0.4) is 0 Å². The molecule has 0 aromatic heterocycles. The first kappa shape index (κ1) is 9.23. The molecule has 1 atom stereocenters. The number of hydrogen-bond acceptors (Lipinski definition) is 2. The Morgan fingerprint density at radius 1 is 1.60 bits per heavy atom. The highest BCUT2D eigenvalue weighted by molar-refractivity contribution is 5.64. The van der Waals surface area contributed by atoms with Gasteiger partial charge in [-0.05, 0) is 5.92 Å². The summed E-state index contributed by atoms with van der Waals surface area (Å²) in [5, 5.41) is 19.1. The molecule has 0 aliphatic heterocycles. The van der Waals surface area contributed by atoms with E-state index in [0.29, 0.717) is 0 Å². The normalized spacial score (nSPS) is 13.2. The van der Waals surface area contributed by atoms with Gasteiger partial charge in [0, 0.05) is 0 Å². The molecule has 60 valence electrons. The Bertz CT molecular complexity index is 114. The number of carboxylic acid groups (broad SMARTS) is 1. The van der Waals surface area contributed by atoms with Crippen molar-refractivity contribution in [1.82, 2.24) is 5.32 Å². The van der Waals surface area contributed by atoms with Crippen molar-refractivity contribution >= 4 is 6.09 Å². The second-order valence-corrected chi connectivity index (χ2v) is 2.48. The molecule has 1 unspecified atom stereocenters. The lowest BCUT2D eigenvalue weighted by atomic mass is 10.1. The molecule has 0 aromatic carbocycles. The minimum absolute atomic E-state index is 0.126. The molecule has 0 spiro atoms. The third-order valence-corrected chi connectivity index (χ3v) is 1.31. The maximum absolute atomic E-state index is 10.1. The Morgan fingerprint density at radius 3 is 2.20 bits per heavy atom. The van der Waals surface area contributed by atoms with Crippen LogP contribution in [0.15, 0.2) is 0 Å². The number of carbonyl (C=O) groups is 1. The summed E-state index contributed by atoms with van der Waals surface area (Å²) < 4.78 is 0. The first-order valence-electron chi connectivity index (χ1n) is 3.18. The monoisotopic (exact) mass is 147 g/mol. The fourth-order valence-electron chi connectivity index (χ4n) is 0.582. The molecule has 0 radical (unpaired) electrons. The Balaban J connectivity index is 3.71. The largest absolute Gasteiger partial charge is 0.465 e. The molecule has 0 fully saturated rings. The van der Waals surface area contributed by atoms with Crippen molar-refractivity contribution in [2.24, 2.45) is 5.92 Å². The molecule has 4 nitrogen and oxygen atoms in total. The quantitative estimate of drug-likeness (QED) is 0.536. The average Bonchev–Trinajstić information content (AvgIpc) is 1.81. The van der Waals surface area contributed by atoms with E-state index in [2.05, 4.69) is 5.32 Å². The van der Waals surface area contributed by atoms with Gasteiger partial charge in [-0.1, -0.05) is 13.8 Å². The lowest BCUT2D eigenvalue weighted by molar-refractivity contribution is 0.166. The highest BCUT2D eigenvalue weighted by atomic mass is 16.4. The van der Waals surface area contributed by atoms with Gasteiger partial charge in [0.15, 0.2) is 0 Å². The standard InChI is InChI=1S/C6H13NO3/c1-4(2)5(3-8)7-6(9)10/h4-5,7-8H,3H2,1-2H3,(H,9,10). The van der Waals surface area contributed by atoms with E-state index in [0.717, 1.165) is 0 Å². The van der Waals surface area contributed by atoms with Crippen LogP contribution >= 0.6 is 0 Å². The Kier molecular flexibility index (Phi) is 3.79. The summed E-state index contributed by atoms with van der Waals surface area (Å²) in [6.07, 6.45) is -1.09. The summed E-state index contributed by atoms with van der Waals surface area (Å²) in [5.41, 5.74) is 0. The first-order chi connectivity index (χ1) is 4.57. The van der Waals surface area contributed by atoms with E-state index in [1.807, 2.05) is 13.8 Å². The van der Waals surface area contributed by atoms with Crippen molar-refractivity contribution in [1.29, 1.82) is 0 Å². The summed E-state index contributed by atoms with van der Waals surface area (Å²) in [4.78, 5) is 10.1. The Hall–Kier alpha value is -0.770. The number of hydrogen-bond donors (Lipinski definition) is 3. The minimum atomic E-state index is -1.09. The number of rotatable bonds is 3. The van der Waals surface area contributed by atoms with Crippen LogP contribution in [-0.2, 0) is 0 Å². The van der Waals surface area contributed by atoms with E-state index in [1.165, 1.54) is 0 Å². The molecule has 0 aromatic rings. The van der Waals surface area contributed by atoms with Crippen LogP contribution < -0.4 is 5.32 Å². The molecule has 0 aliphatic rings. The fraction of sp³-hybridized carbons (Fsp3) is 0.833. The molecular formula is C6H13NO3.